The predicted molar refractivity (Wildman–Crippen MR) is 107 cm³/mol. The third-order valence-corrected chi connectivity index (χ3v) is 4.84. The second-order valence-electron chi connectivity index (χ2n) is 7.28. The second-order valence-corrected chi connectivity index (χ2v) is 8.10. The van der Waals surface area contributed by atoms with Gasteiger partial charge in [-0.05, 0) is 50.6 Å². The first-order valence-corrected chi connectivity index (χ1v) is 9.28. The van der Waals surface area contributed by atoms with Crippen molar-refractivity contribution in [2.75, 3.05) is 18.0 Å². The normalized spacial score (nSPS) is 14.7. The third kappa shape index (κ3) is 4.25. The van der Waals surface area contributed by atoms with Crippen LogP contribution in [0, 0.1) is 0 Å². The maximum atomic E-state index is 12.6. The average Bonchev–Trinajstić information content (AvgIpc) is 2.76. The molecule has 2 aromatic carbocycles. The van der Waals surface area contributed by atoms with E-state index >= 15 is 0 Å². The minimum atomic E-state index is -0.522. The third-order valence-electron chi connectivity index (χ3n) is 4.10. The standard InChI is InChI=1S/C20H22Cl2N2O2/c1-20(2,3)26-19(25)23-10-11-24(15-8-9-16(21)17(22)12-15)18-7-5-4-6-14(18)13-23/h4-9,12H,10-11,13H2,1-3H3. The SMILES string of the molecule is CC(C)(C)OC(=O)N1CCN(c2ccc(Cl)c(Cl)c2)c2ccccc2C1. The summed E-state index contributed by atoms with van der Waals surface area (Å²) in [6, 6.07) is 13.6. The van der Waals surface area contributed by atoms with Crippen LogP contribution in [-0.2, 0) is 11.3 Å². The molecule has 6 heteroatoms. The minimum absolute atomic E-state index is 0.303. The summed E-state index contributed by atoms with van der Waals surface area (Å²) in [6.45, 7) is 7.30. The average molecular weight is 393 g/mol. The Morgan fingerprint density at radius 2 is 1.77 bits per heavy atom. The molecule has 26 heavy (non-hydrogen) atoms. The molecule has 2 aromatic rings. The van der Waals surface area contributed by atoms with Crippen LogP contribution in [0.25, 0.3) is 0 Å². The van der Waals surface area contributed by atoms with Crippen molar-refractivity contribution >= 4 is 40.7 Å². The van der Waals surface area contributed by atoms with Gasteiger partial charge >= 0.3 is 6.09 Å². The van der Waals surface area contributed by atoms with Crippen LogP contribution in [0.15, 0.2) is 42.5 Å². The molecule has 0 saturated heterocycles. The fraction of sp³-hybridized carbons (Fsp3) is 0.350. The van der Waals surface area contributed by atoms with E-state index < -0.39 is 5.60 Å². The molecule has 138 valence electrons. The molecule has 1 aliphatic rings. The van der Waals surface area contributed by atoms with Gasteiger partial charge in [-0.1, -0.05) is 41.4 Å². The van der Waals surface area contributed by atoms with Crippen LogP contribution in [0.2, 0.25) is 10.0 Å². The number of halogens is 2. The number of anilines is 2. The predicted octanol–water partition coefficient (Wildman–Crippen LogP) is 5.88. The number of para-hydroxylation sites is 1. The zero-order valence-electron chi connectivity index (χ0n) is 15.1. The first kappa shape index (κ1) is 18.9. The van der Waals surface area contributed by atoms with E-state index in [4.69, 9.17) is 27.9 Å². The smallest absolute Gasteiger partial charge is 0.410 e. The lowest BCUT2D eigenvalue weighted by atomic mass is 10.1. The Hall–Kier alpha value is -1.91. The molecule has 0 aliphatic carbocycles. The lowest BCUT2D eigenvalue weighted by Gasteiger charge is -2.27. The molecule has 0 atom stereocenters. The number of hydrogen-bond donors (Lipinski definition) is 0. The summed E-state index contributed by atoms with van der Waals surface area (Å²) in [6.07, 6.45) is -0.303. The summed E-state index contributed by atoms with van der Waals surface area (Å²) in [5, 5.41) is 1.03. The highest BCUT2D eigenvalue weighted by atomic mass is 35.5. The van der Waals surface area contributed by atoms with Crippen molar-refractivity contribution in [3.63, 3.8) is 0 Å². The van der Waals surface area contributed by atoms with Gasteiger partial charge in [-0.25, -0.2) is 4.79 Å². The molecule has 0 spiro atoms. The topological polar surface area (TPSA) is 32.8 Å². The lowest BCUT2D eigenvalue weighted by molar-refractivity contribution is 0.0244. The molecule has 0 unspecified atom stereocenters. The van der Waals surface area contributed by atoms with E-state index in [1.54, 1.807) is 11.0 Å². The molecule has 4 nitrogen and oxygen atoms in total. The van der Waals surface area contributed by atoms with Crippen molar-refractivity contribution in [1.29, 1.82) is 0 Å². The maximum Gasteiger partial charge on any atom is 0.410 e. The second kappa shape index (κ2) is 7.37. The Kier molecular flexibility index (Phi) is 5.35. The summed E-state index contributed by atoms with van der Waals surface area (Å²) in [5.41, 5.74) is 2.53. The number of carbonyl (C=O) groups excluding carboxylic acids is 1. The van der Waals surface area contributed by atoms with E-state index in [-0.39, 0.29) is 6.09 Å². The Labute approximate surface area is 164 Å². The molecule has 1 aliphatic heterocycles. The zero-order chi connectivity index (χ0) is 18.9. The quantitative estimate of drug-likeness (QED) is 0.606. The molecule has 0 fully saturated rings. The Morgan fingerprint density at radius 1 is 1.04 bits per heavy atom. The highest BCUT2D eigenvalue weighted by molar-refractivity contribution is 6.42. The van der Waals surface area contributed by atoms with Gasteiger partial charge in [0.2, 0.25) is 0 Å². The van der Waals surface area contributed by atoms with Gasteiger partial charge in [-0.3, -0.25) is 0 Å². The molecule has 0 aromatic heterocycles. The van der Waals surface area contributed by atoms with Crippen LogP contribution in [0.5, 0.6) is 0 Å². The van der Waals surface area contributed by atoms with Crippen molar-refractivity contribution in [2.45, 2.75) is 32.9 Å². The summed E-state index contributed by atoms with van der Waals surface area (Å²) < 4.78 is 5.55. The largest absolute Gasteiger partial charge is 0.444 e. The highest BCUT2D eigenvalue weighted by Gasteiger charge is 2.27. The minimum Gasteiger partial charge on any atom is -0.444 e. The van der Waals surface area contributed by atoms with Crippen molar-refractivity contribution < 1.29 is 9.53 Å². The van der Waals surface area contributed by atoms with Gasteiger partial charge in [0.15, 0.2) is 0 Å². The van der Waals surface area contributed by atoms with Gasteiger partial charge in [0.25, 0.3) is 0 Å². The number of ether oxygens (including phenoxy) is 1. The number of amides is 1. The Balaban J connectivity index is 1.93. The molecular weight excluding hydrogens is 371 g/mol. The van der Waals surface area contributed by atoms with Crippen molar-refractivity contribution in [3.05, 3.63) is 58.1 Å². The molecule has 1 heterocycles. The van der Waals surface area contributed by atoms with Gasteiger partial charge in [0.1, 0.15) is 5.60 Å². The summed E-state index contributed by atoms with van der Waals surface area (Å²) >= 11 is 12.3. The Bertz CT molecular complexity index is 818. The van der Waals surface area contributed by atoms with E-state index in [9.17, 15) is 4.79 Å². The molecule has 3 rings (SSSR count). The fourth-order valence-corrected chi connectivity index (χ4v) is 3.23. The monoisotopic (exact) mass is 392 g/mol. The number of fused-ring (bicyclic) bond motifs is 1. The van der Waals surface area contributed by atoms with E-state index in [1.165, 1.54) is 0 Å². The first-order valence-electron chi connectivity index (χ1n) is 8.53. The van der Waals surface area contributed by atoms with E-state index in [1.807, 2.05) is 51.1 Å². The number of hydrogen-bond acceptors (Lipinski definition) is 3. The molecule has 1 amide bonds. The van der Waals surface area contributed by atoms with Gasteiger partial charge < -0.3 is 14.5 Å². The van der Waals surface area contributed by atoms with Crippen LogP contribution >= 0.6 is 23.2 Å². The van der Waals surface area contributed by atoms with Crippen molar-refractivity contribution in [1.82, 2.24) is 4.90 Å². The number of carbonyl (C=O) groups is 1. The van der Waals surface area contributed by atoms with Gasteiger partial charge in [0.05, 0.1) is 16.6 Å². The molecule has 0 bridgehead atoms. The van der Waals surface area contributed by atoms with E-state index in [2.05, 4.69) is 11.0 Å². The van der Waals surface area contributed by atoms with Gasteiger partial charge in [0, 0.05) is 24.5 Å². The summed E-state index contributed by atoms with van der Waals surface area (Å²) in [5.74, 6) is 0. The first-order chi connectivity index (χ1) is 12.2. The van der Waals surface area contributed by atoms with Crippen LogP contribution in [0.4, 0.5) is 16.2 Å². The van der Waals surface area contributed by atoms with Crippen molar-refractivity contribution in [3.8, 4) is 0 Å². The van der Waals surface area contributed by atoms with Crippen molar-refractivity contribution in [2.24, 2.45) is 0 Å². The van der Waals surface area contributed by atoms with E-state index in [0.29, 0.717) is 29.7 Å². The molecule has 0 N–H and O–H groups in total. The zero-order valence-corrected chi connectivity index (χ0v) is 16.6. The fourth-order valence-electron chi connectivity index (χ4n) is 2.94. The van der Waals surface area contributed by atoms with E-state index in [0.717, 1.165) is 16.9 Å². The molecule has 0 saturated carbocycles. The number of nitrogens with zero attached hydrogens (tertiary/aromatic N) is 2. The van der Waals surface area contributed by atoms with Crippen LogP contribution in [0.3, 0.4) is 0 Å². The molecular formula is C20H22Cl2N2O2. The summed E-state index contributed by atoms with van der Waals surface area (Å²) in [4.78, 5) is 16.5. The van der Waals surface area contributed by atoms with Gasteiger partial charge in [-0.15, -0.1) is 0 Å². The van der Waals surface area contributed by atoms with Crippen LogP contribution in [-0.4, -0.2) is 29.7 Å². The van der Waals surface area contributed by atoms with Crippen LogP contribution in [0.1, 0.15) is 26.3 Å². The molecule has 0 radical (unpaired) electrons. The Morgan fingerprint density at radius 3 is 2.46 bits per heavy atom. The lowest BCUT2D eigenvalue weighted by Crippen LogP contribution is -2.38. The van der Waals surface area contributed by atoms with Crippen LogP contribution < -0.4 is 4.90 Å². The summed E-state index contributed by atoms with van der Waals surface area (Å²) in [7, 11) is 0. The highest BCUT2D eigenvalue weighted by Crippen LogP contribution is 2.35. The number of benzene rings is 2. The van der Waals surface area contributed by atoms with Gasteiger partial charge in [-0.2, -0.15) is 0 Å². The number of rotatable bonds is 1. The maximum absolute atomic E-state index is 12.6.